The molecule has 1 fully saturated rings. The quantitative estimate of drug-likeness (QED) is 0.0714. The predicted octanol–water partition coefficient (Wildman–Crippen LogP) is 6.43. The van der Waals surface area contributed by atoms with E-state index in [1.165, 1.54) is 30.7 Å². The second-order valence-corrected chi connectivity index (χ2v) is 15.2. The van der Waals surface area contributed by atoms with Crippen molar-refractivity contribution < 1.29 is 42.3 Å². The Morgan fingerprint density at radius 3 is 1.86 bits per heavy atom. The zero-order valence-electron chi connectivity index (χ0n) is 33.2. The van der Waals surface area contributed by atoms with Crippen LogP contribution in [0.15, 0.2) is 95.9 Å². The summed E-state index contributed by atoms with van der Waals surface area (Å²) in [4.78, 5) is 42.1. The fourth-order valence-corrected chi connectivity index (χ4v) is 8.52. The Balaban J connectivity index is 1.67. The van der Waals surface area contributed by atoms with Gasteiger partial charge in [0.25, 0.3) is 8.53 Å². The number of ether oxygens (including phenoxy) is 5. The van der Waals surface area contributed by atoms with Crippen LogP contribution in [0, 0.1) is 0 Å². The number of methoxy groups -OCH3 is 2. The van der Waals surface area contributed by atoms with E-state index in [0.717, 1.165) is 16.7 Å². The number of rotatable bonds is 17. The van der Waals surface area contributed by atoms with Crippen molar-refractivity contribution in [2.75, 3.05) is 33.3 Å². The van der Waals surface area contributed by atoms with E-state index in [1.54, 1.807) is 21.3 Å². The third kappa shape index (κ3) is 9.46. The highest BCUT2D eigenvalue weighted by Gasteiger charge is 2.52. The molecule has 1 aliphatic rings. The van der Waals surface area contributed by atoms with Crippen LogP contribution in [-0.2, 0) is 38.4 Å². The highest BCUT2D eigenvalue weighted by atomic mass is 31.2. The molecule has 5 rings (SSSR count). The lowest BCUT2D eigenvalue weighted by Gasteiger charge is -2.39. The molecule has 1 aliphatic heterocycles. The van der Waals surface area contributed by atoms with Crippen LogP contribution in [0.2, 0.25) is 0 Å². The molecule has 14 nitrogen and oxygen atoms in total. The Hall–Kier alpha value is -4.69. The number of esters is 1. The van der Waals surface area contributed by atoms with Gasteiger partial charge in [-0.25, -0.2) is 9.46 Å². The molecule has 5 atom stereocenters. The van der Waals surface area contributed by atoms with E-state index in [4.69, 9.17) is 32.7 Å². The van der Waals surface area contributed by atoms with Crippen molar-refractivity contribution in [1.29, 1.82) is 0 Å². The van der Waals surface area contributed by atoms with Crippen molar-refractivity contribution in [2.45, 2.75) is 83.8 Å². The lowest BCUT2D eigenvalue weighted by molar-refractivity contribution is -0.155. The SMILES string of the molecule is COc1ccc(C(OC[C@H]2O[C@@H](n3ccc(NC(C)=O)nc3=O)[C@@H](OC(C)=O)[C@@H]2OP(OC)N(C(C)C)C(C)C)(c2ccccc2)c2ccc(OC)cc2)cc1. The summed E-state index contributed by atoms with van der Waals surface area (Å²) in [6, 6.07) is 26.5. The first-order valence-electron chi connectivity index (χ1n) is 18.3. The predicted molar refractivity (Wildman–Crippen MR) is 211 cm³/mol. The summed E-state index contributed by atoms with van der Waals surface area (Å²) in [7, 11) is 3.02. The van der Waals surface area contributed by atoms with E-state index in [0.29, 0.717) is 11.5 Å². The maximum Gasteiger partial charge on any atom is 0.351 e. The van der Waals surface area contributed by atoms with Gasteiger partial charge in [-0.3, -0.25) is 14.2 Å². The van der Waals surface area contributed by atoms with Crippen molar-refractivity contribution in [2.24, 2.45) is 0 Å². The van der Waals surface area contributed by atoms with Crippen LogP contribution in [-0.4, -0.2) is 84.4 Å². The fourth-order valence-electron chi connectivity index (χ4n) is 6.92. The molecule has 56 heavy (non-hydrogen) atoms. The molecule has 0 radical (unpaired) electrons. The van der Waals surface area contributed by atoms with Crippen LogP contribution in [0.25, 0.3) is 0 Å². The molecule has 300 valence electrons. The highest BCUT2D eigenvalue weighted by molar-refractivity contribution is 7.44. The van der Waals surface area contributed by atoms with Crippen LogP contribution in [0.4, 0.5) is 5.82 Å². The van der Waals surface area contributed by atoms with Gasteiger partial charge >= 0.3 is 11.7 Å². The van der Waals surface area contributed by atoms with Gasteiger partial charge in [-0.05, 0) is 74.7 Å². The van der Waals surface area contributed by atoms with Crippen LogP contribution in [0.3, 0.4) is 0 Å². The molecule has 1 aromatic heterocycles. The number of nitrogens with one attached hydrogen (secondary N) is 1. The number of carbonyl (C=O) groups is 2. The molecule has 3 aromatic carbocycles. The average molecular weight is 791 g/mol. The van der Waals surface area contributed by atoms with E-state index in [2.05, 4.69) is 15.0 Å². The van der Waals surface area contributed by atoms with Gasteiger partial charge < -0.3 is 38.0 Å². The molecule has 1 unspecified atom stereocenters. The largest absolute Gasteiger partial charge is 0.497 e. The van der Waals surface area contributed by atoms with Crippen LogP contribution >= 0.6 is 8.53 Å². The molecule has 1 N–H and O–H groups in total. The molecular weight excluding hydrogens is 739 g/mol. The molecule has 1 amide bonds. The zero-order chi connectivity index (χ0) is 40.6. The Bertz CT molecular complexity index is 1900. The minimum Gasteiger partial charge on any atom is -0.497 e. The van der Waals surface area contributed by atoms with E-state index in [-0.39, 0.29) is 24.5 Å². The Morgan fingerprint density at radius 1 is 0.839 bits per heavy atom. The number of anilines is 1. The van der Waals surface area contributed by atoms with Crippen LogP contribution in [0.1, 0.15) is 64.5 Å². The van der Waals surface area contributed by atoms with Gasteiger partial charge in [0.2, 0.25) is 5.91 Å². The maximum atomic E-state index is 13.6. The summed E-state index contributed by atoms with van der Waals surface area (Å²) >= 11 is 0. The molecule has 4 aromatic rings. The molecule has 0 bridgehead atoms. The lowest BCUT2D eigenvalue weighted by atomic mass is 9.80. The number of benzene rings is 3. The van der Waals surface area contributed by atoms with E-state index in [1.807, 2.05) is 107 Å². The maximum absolute atomic E-state index is 13.6. The Morgan fingerprint density at radius 2 is 1.39 bits per heavy atom. The summed E-state index contributed by atoms with van der Waals surface area (Å²) in [5.41, 5.74) is 0.426. The number of hydrogen-bond acceptors (Lipinski definition) is 12. The first-order valence-corrected chi connectivity index (χ1v) is 19.4. The third-order valence-electron chi connectivity index (χ3n) is 9.25. The molecule has 2 heterocycles. The smallest absolute Gasteiger partial charge is 0.351 e. The Kier molecular flexibility index (Phi) is 14.4. The molecule has 1 saturated heterocycles. The van der Waals surface area contributed by atoms with Crippen molar-refractivity contribution in [1.82, 2.24) is 14.2 Å². The summed E-state index contributed by atoms with van der Waals surface area (Å²) in [5, 5.41) is 2.52. The van der Waals surface area contributed by atoms with Crippen LogP contribution in [0.5, 0.6) is 11.5 Å². The van der Waals surface area contributed by atoms with Crippen molar-refractivity contribution in [3.8, 4) is 11.5 Å². The first kappa shape index (κ1) is 42.5. The van der Waals surface area contributed by atoms with Gasteiger partial charge in [0, 0.05) is 39.2 Å². The minimum atomic E-state index is -1.75. The molecule has 0 aliphatic carbocycles. The van der Waals surface area contributed by atoms with Crippen molar-refractivity contribution in [3.63, 3.8) is 0 Å². The highest BCUT2D eigenvalue weighted by Crippen LogP contribution is 2.50. The van der Waals surface area contributed by atoms with E-state index >= 15 is 0 Å². The number of nitrogens with zero attached hydrogens (tertiary/aromatic N) is 3. The van der Waals surface area contributed by atoms with Gasteiger partial charge in [-0.2, -0.15) is 4.98 Å². The van der Waals surface area contributed by atoms with Gasteiger partial charge in [-0.15, -0.1) is 0 Å². The van der Waals surface area contributed by atoms with Crippen molar-refractivity contribution in [3.05, 3.63) is 118 Å². The monoisotopic (exact) mass is 790 g/mol. The molecular formula is C41H51N4O10P. The summed E-state index contributed by atoms with van der Waals surface area (Å²) < 4.78 is 47.1. The van der Waals surface area contributed by atoms with Gasteiger partial charge in [-0.1, -0.05) is 54.6 Å². The van der Waals surface area contributed by atoms with Gasteiger partial charge in [0.05, 0.1) is 20.8 Å². The van der Waals surface area contributed by atoms with E-state index in [9.17, 15) is 14.4 Å². The van der Waals surface area contributed by atoms with Crippen molar-refractivity contribution >= 4 is 26.2 Å². The zero-order valence-corrected chi connectivity index (χ0v) is 34.1. The molecule has 0 spiro atoms. The van der Waals surface area contributed by atoms with Crippen LogP contribution < -0.4 is 20.5 Å². The first-order chi connectivity index (χ1) is 26.8. The summed E-state index contributed by atoms with van der Waals surface area (Å²) in [6.45, 7) is 10.6. The number of aromatic nitrogens is 2. The Labute approximate surface area is 328 Å². The third-order valence-corrected chi connectivity index (χ3v) is 11.3. The standard InChI is InChI=1S/C41H51N4O10P/c1-26(2)45(27(3)4)56(51-9)55-37-35(54-39(38(37)53-29(6)47)44-24-23-36(42-28(5)46)43-40(44)48)25-52-41(30-13-11-10-12-14-30,31-15-19-33(49-7)20-16-31)32-17-21-34(50-8)22-18-32/h10-24,26-27,35,37-39H,25H2,1-9H3,(H,42,43,46,48)/t35-,37-,38+,39-,56?/m1/s1. The average Bonchev–Trinajstić information content (AvgIpc) is 3.50. The molecule has 15 heteroatoms. The number of carbonyl (C=O) groups excluding carboxylic acids is 2. The van der Waals surface area contributed by atoms with Gasteiger partial charge in [0.15, 0.2) is 12.3 Å². The second kappa shape index (κ2) is 19.0. The lowest BCUT2D eigenvalue weighted by Crippen LogP contribution is -2.43. The van der Waals surface area contributed by atoms with Gasteiger partial charge in [0.1, 0.15) is 35.1 Å². The summed E-state index contributed by atoms with van der Waals surface area (Å²) in [5.74, 6) is 0.394. The fraction of sp³-hybridized carbons (Fsp3) is 0.415. The summed E-state index contributed by atoms with van der Waals surface area (Å²) in [6.07, 6.45) is -2.86. The van der Waals surface area contributed by atoms with E-state index < -0.39 is 56.2 Å². The second-order valence-electron chi connectivity index (χ2n) is 13.7. The molecule has 0 saturated carbocycles. The normalized spacial score (nSPS) is 18.9. The topological polar surface area (TPSA) is 149 Å². The number of hydrogen-bond donors (Lipinski definition) is 1. The number of amides is 1. The minimum absolute atomic E-state index is 0.0186.